The van der Waals surface area contributed by atoms with Gasteiger partial charge in [-0.25, -0.2) is 0 Å². The Morgan fingerprint density at radius 1 is 1.43 bits per heavy atom. The van der Waals surface area contributed by atoms with Gasteiger partial charge in [-0.2, -0.15) is 0 Å². The van der Waals surface area contributed by atoms with Gasteiger partial charge < -0.3 is 19.9 Å². The van der Waals surface area contributed by atoms with Gasteiger partial charge in [-0.05, 0) is 43.0 Å². The molecular formula is C18H25NO4. The van der Waals surface area contributed by atoms with Gasteiger partial charge in [-0.3, -0.25) is 4.79 Å². The van der Waals surface area contributed by atoms with Gasteiger partial charge >= 0.3 is 0 Å². The maximum atomic E-state index is 12.5. The molecule has 1 amide bonds. The van der Waals surface area contributed by atoms with Crippen molar-refractivity contribution in [1.82, 2.24) is 5.32 Å². The molecule has 0 bridgehead atoms. The number of carbonyl (C=O) groups is 1. The van der Waals surface area contributed by atoms with Crippen LogP contribution in [0.3, 0.4) is 0 Å². The number of ether oxygens (including phenoxy) is 2. The molecule has 2 aliphatic rings. The number of nitrogens with one attached hydrogen (secondary N) is 1. The quantitative estimate of drug-likeness (QED) is 0.838. The van der Waals surface area contributed by atoms with Crippen LogP contribution in [-0.2, 0) is 16.0 Å². The van der Waals surface area contributed by atoms with Gasteiger partial charge in [0.25, 0.3) is 0 Å². The second-order valence-electron chi connectivity index (χ2n) is 6.58. The van der Waals surface area contributed by atoms with E-state index >= 15 is 0 Å². The molecule has 1 aromatic carbocycles. The monoisotopic (exact) mass is 319 g/mol. The van der Waals surface area contributed by atoms with Crippen molar-refractivity contribution < 1.29 is 19.4 Å². The molecule has 0 radical (unpaired) electrons. The smallest absolute Gasteiger partial charge is 0.227 e. The van der Waals surface area contributed by atoms with E-state index in [9.17, 15) is 9.90 Å². The van der Waals surface area contributed by atoms with Gasteiger partial charge in [0, 0.05) is 26.0 Å². The molecule has 2 N–H and O–H groups in total. The first-order valence-corrected chi connectivity index (χ1v) is 8.33. The van der Waals surface area contributed by atoms with E-state index in [2.05, 4.69) is 5.32 Å². The van der Waals surface area contributed by atoms with E-state index in [1.807, 2.05) is 25.1 Å². The number of aliphatic hydroxyl groups is 1. The first-order valence-electron chi connectivity index (χ1n) is 8.33. The SMILES string of the molecule is CCOC1CC(O)(CNC(=O)C2CCc3ccc(OC)cc32)C1. The molecule has 0 aliphatic heterocycles. The minimum atomic E-state index is -0.814. The zero-order valence-electron chi connectivity index (χ0n) is 13.8. The van der Waals surface area contributed by atoms with E-state index in [-0.39, 0.29) is 17.9 Å². The molecule has 2 aliphatic carbocycles. The number of methoxy groups -OCH3 is 1. The van der Waals surface area contributed by atoms with Crippen LogP contribution in [-0.4, -0.2) is 43.0 Å². The van der Waals surface area contributed by atoms with Crippen molar-refractivity contribution in [2.45, 2.75) is 50.2 Å². The fraction of sp³-hybridized carbons (Fsp3) is 0.611. The van der Waals surface area contributed by atoms with Gasteiger partial charge in [-0.15, -0.1) is 0 Å². The summed E-state index contributed by atoms with van der Waals surface area (Å²) < 4.78 is 10.7. The third kappa shape index (κ3) is 3.35. The molecule has 23 heavy (non-hydrogen) atoms. The Bertz CT molecular complexity index is 580. The topological polar surface area (TPSA) is 67.8 Å². The molecule has 1 saturated carbocycles. The highest BCUT2D eigenvalue weighted by Crippen LogP contribution is 2.37. The van der Waals surface area contributed by atoms with Crippen LogP contribution in [0.4, 0.5) is 0 Å². The first-order chi connectivity index (χ1) is 11.0. The van der Waals surface area contributed by atoms with Gasteiger partial charge in [0.1, 0.15) is 5.75 Å². The van der Waals surface area contributed by atoms with Crippen molar-refractivity contribution in [3.8, 4) is 5.75 Å². The van der Waals surface area contributed by atoms with Gasteiger partial charge in [-0.1, -0.05) is 6.07 Å². The summed E-state index contributed by atoms with van der Waals surface area (Å²) in [5.41, 5.74) is 1.45. The van der Waals surface area contributed by atoms with Crippen LogP contribution in [0.2, 0.25) is 0 Å². The summed E-state index contributed by atoms with van der Waals surface area (Å²) in [4.78, 5) is 12.5. The van der Waals surface area contributed by atoms with Gasteiger partial charge in [0.05, 0.1) is 24.7 Å². The number of fused-ring (bicyclic) bond motifs is 1. The molecule has 1 aromatic rings. The van der Waals surface area contributed by atoms with Crippen molar-refractivity contribution >= 4 is 5.91 Å². The third-order valence-electron chi connectivity index (χ3n) is 4.96. The van der Waals surface area contributed by atoms with Crippen molar-refractivity contribution in [3.05, 3.63) is 29.3 Å². The Kier molecular flexibility index (Phi) is 4.60. The third-order valence-corrected chi connectivity index (χ3v) is 4.96. The lowest BCUT2D eigenvalue weighted by molar-refractivity contribution is -0.142. The summed E-state index contributed by atoms with van der Waals surface area (Å²) in [7, 11) is 1.63. The lowest BCUT2D eigenvalue weighted by Gasteiger charge is -2.43. The number of hydrogen-bond donors (Lipinski definition) is 2. The molecular weight excluding hydrogens is 294 g/mol. The Hall–Kier alpha value is -1.59. The molecule has 1 atom stereocenters. The summed E-state index contributed by atoms with van der Waals surface area (Å²) in [5, 5.41) is 13.3. The second kappa shape index (κ2) is 6.49. The maximum Gasteiger partial charge on any atom is 0.227 e. The number of carbonyl (C=O) groups excluding carboxylic acids is 1. The van der Waals surface area contributed by atoms with Crippen molar-refractivity contribution in [1.29, 1.82) is 0 Å². The van der Waals surface area contributed by atoms with E-state index in [0.717, 1.165) is 24.2 Å². The van der Waals surface area contributed by atoms with E-state index < -0.39 is 5.60 Å². The van der Waals surface area contributed by atoms with Crippen molar-refractivity contribution in [3.63, 3.8) is 0 Å². The Labute approximate surface area is 137 Å². The van der Waals surface area contributed by atoms with Crippen LogP contribution in [0.1, 0.15) is 43.2 Å². The Balaban J connectivity index is 1.57. The molecule has 3 rings (SSSR count). The number of rotatable bonds is 6. The van der Waals surface area contributed by atoms with Gasteiger partial charge in [0.2, 0.25) is 5.91 Å². The van der Waals surface area contributed by atoms with Crippen LogP contribution in [0.25, 0.3) is 0 Å². The highest BCUT2D eigenvalue weighted by atomic mass is 16.5. The predicted octanol–water partition coefficient (Wildman–Crippen LogP) is 1.77. The van der Waals surface area contributed by atoms with Crippen LogP contribution in [0.5, 0.6) is 5.75 Å². The van der Waals surface area contributed by atoms with Crippen molar-refractivity contribution in [2.24, 2.45) is 0 Å². The van der Waals surface area contributed by atoms with Crippen LogP contribution < -0.4 is 10.1 Å². The van der Waals surface area contributed by atoms with Crippen molar-refractivity contribution in [2.75, 3.05) is 20.3 Å². The summed E-state index contributed by atoms with van der Waals surface area (Å²) in [5.74, 6) is 0.623. The molecule has 0 heterocycles. The molecule has 0 saturated heterocycles. The second-order valence-corrected chi connectivity index (χ2v) is 6.58. The highest BCUT2D eigenvalue weighted by molar-refractivity contribution is 5.85. The molecule has 0 aromatic heterocycles. The average molecular weight is 319 g/mol. The predicted molar refractivity (Wildman–Crippen MR) is 86.7 cm³/mol. The number of amides is 1. The Morgan fingerprint density at radius 3 is 2.91 bits per heavy atom. The standard InChI is InChI=1S/C18H25NO4/c1-3-23-14-9-18(21,10-14)11-19-17(20)15-7-5-12-4-6-13(22-2)8-16(12)15/h4,6,8,14-15,21H,3,5,7,9-11H2,1-2H3,(H,19,20). The van der Waals surface area contributed by atoms with E-state index in [1.165, 1.54) is 5.56 Å². The van der Waals surface area contributed by atoms with E-state index in [4.69, 9.17) is 9.47 Å². The summed E-state index contributed by atoms with van der Waals surface area (Å²) in [6, 6.07) is 5.92. The van der Waals surface area contributed by atoms with Crippen LogP contribution >= 0.6 is 0 Å². The summed E-state index contributed by atoms with van der Waals surface area (Å²) >= 11 is 0. The maximum absolute atomic E-state index is 12.5. The van der Waals surface area contributed by atoms with E-state index in [0.29, 0.717) is 26.0 Å². The molecule has 5 nitrogen and oxygen atoms in total. The lowest BCUT2D eigenvalue weighted by Crippen LogP contribution is -2.55. The fourth-order valence-electron chi connectivity index (χ4n) is 3.64. The zero-order valence-corrected chi connectivity index (χ0v) is 13.8. The summed E-state index contributed by atoms with van der Waals surface area (Å²) in [6.07, 6.45) is 3.04. The number of hydrogen-bond acceptors (Lipinski definition) is 4. The van der Waals surface area contributed by atoms with E-state index in [1.54, 1.807) is 7.11 Å². The fourth-order valence-corrected chi connectivity index (χ4v) is 3.64. The Morgan fingerprint density at radius 2 is 2.22 bits per heavy atom. The normalized spacial score (nSPS) is 28.8. The first kappa shape index (κ1) is 16.3. The highest BCUT2D eigenvalue weighted by Gasteiger charge is 2.43. The van der Waals surface area contributed by atoms with Gasteiger partial charge in [0.15, 0.2) is 0 Å². The molecule has 1 fully saturated rings. The zero-order chi connectivity index (χ0) is 16.4. The molecule has 5 heteroatoms. The largest absolute Gasteiger partial charge is 0.497 e. The minimum Gasteiger partial charge on any atom is -0.497 e. The van der Waals surface area contributed by atoms with Crippen LogP contribution in [0, 0.1) is 0 Å². The molecule has 1 unspecified atom stereocenters. The molecule has 0 spiro atoms. The summed E-state index contributed by atoms with van der Waals surface area (Å²) in [6.45, 7) is 2.91. The number of benzene rings is 1. The minimum absolute atomic E-state index is 0.00899. The number of aryl methyl sites for hydroxylation is 1. The van der Waals surface area contributed by atoms with Crippen LogP contribution in [0.15, 0.2) is 18.2 Å². The average Bonchev–Trinajstić information content (AvgIpc) is 2.94. The molecule has 126 valence electrons. The lowest BCUT2D eigenvalue weighted by atomic mass is 9.77.